The van der Waals surface area contributed by atoms with E-state index in [1.54, 1.807) is 19.1 Å². The normalized spacial score (nSPS) is 10.3. The summed E-state index contributed by atoms with van der Waals surface area (Å²) < 4.78 is 0. The molecule has 0 bridgehead atoms. The first-order valence-corrected chi connectivity index (χ1v) is 6.36. The van der Waals surface area contributed by atoms with Gasteiger partial charge in [-0.15, -0.1) is 0 Å². The number of amides is 1. The summed E-state index contributed by atoms with van der Waals surface area (Å²) in [5.41, 5.74) is 1.30. The number of carbonyl (C=O) groups excluding carboxylic acids is 1. The van der Waals surface area contributed by atoms with Crippen molar-refractivity contribution in [2.45, 2.75) is 6.92 Å². The number of nitrogens with one attached hydrogen (secondary N) is 1. The maximum Gasteiger partial charge on any atom is 0.274 e. The van der Waals surface area contributed by atoms with E-state index >= 15 is 0 Å². The first kappa shape index (κ1) is 14.1. The molecule has 1 N–H and O–H groups in total. The lowest BCUT2D eigenvalue weighted by Gasteiger charge is -2.09. The number of rotatable bonds is 2. The van der Waals surface area contributed by atoms with Crippen LogP contribution in [0, 0.1) is 6.92 Å². The third kappa shape index (κ3) is 3.35. The van der Waals surface area contributed by atoms with Crippen molar-refractivity contribution in [1.82, 2.24) is 9.97 Å². The molecule has 2 aromatic rings. The fourth-order valence-corrected chi connectivity index (χ4v) is 2.19. The van der Waals surface area contributed by atoms with Gasteiger partial charge in [0.1, 0.15) is 10.8 Å². The summed E-state index contributed by atoms with van der Waals surface area (Å²) in [6, 6.07) is 4.65. The van der Waals surface area contributed by atoms with Crippen LogP contribution in [0.2, 0.25) is 15.3 Å². The van der Waals surface area contributed by atoms with Gasteiger partial charge in [-0.3, -0.25) is 9.78 Å². The number of aromatic nitrogens is 2. The largest absolute Gasteiger partial charge is 0.318 e. The molecule has 4 nitrogen and oxygen atoms in total. The quantitative estimate of drug-likeness (QED) is 0.852. The highest BCUT2D eigenvalue weighted by Crippen LogP contribution is 2.26. The summed E-state index contributed by atoms with van der Waals surface area (Å²) >= 11 is 17.5. The van der Waals surface area contributed by atoms with Crippen molar-refractivity contribution in [3.05, 3.63) is 51.0 Å². The third-order valence-corrected chi connectivity index (χ3v) is 3.04. The number of aryl methyl sites for hydroxylation is 1. The second-order valence-corrected chi connectivity index (χ2v) is 4.92. The van der Waals surface area contributed by atoms with E-state index in [2.05, 4.69) is 15.3 Å². The average molecular weight is 317 g/mol. The Morgan fingerprint density at radius 3 is 2.63 bits per heavy atom. The lowest BCUT2D eigenvalue weighted by atomic mass is 10.2. The van der Waals surface area contributed by atoms with Crippen molar-refractivity contribution < 1.29 is 4.79 Å². The monoisotopic (exact) mass is 315 g/mol. The van der Waals surface area contributed by atoms with Gasteiger partial charge in [0.15, 0.2) is 5.15 Å². The molecular formula is C12H8Cl3N3O. The summed E-state index contributed by atoms with van der Waals surface area (Å²) in [4.78, 5) is 19.8. The van der Waals surface area contributed by atoms with Crippen molar-refractivity contribution in [2.24, 2.45) is 0 Å². The number of hydrogen-bond donors (Lipinski definition) is 1. The van der Waals surface area contributed by atoms with E-state index in [-0.39, 0.29) is 16.0 Å². The minimum absolute atomic E-state index is 0.125. The van der Waals surface area contributed by atoms with Crippen molar-refractivity contribution in [2.75, 3.05) is 5.32 Å². The van der Waals surface area contributed by atoms with Crippen LogP contribution in [0.25, 0.3) is 0 Å². The van der Waals surface area contributed by atoms with Gasteiger partial charge in [0.05, 0.1) is 5.69 Å². The average Bonchev–Trinajstić information content (AvgIpc) is 2.33. The van der Waals surface area contributed by atoms with Crippen LogP contribution in [0.3, 0.4) is 0 Å². The van der Waals surface area contributed by atoms with Crippen LogP contribution in [0.1, 0.15) is 16.1 Å². The van der Waals surface area contributed by atoms with Crippen molar-refractivity contribution in [3.63, 3.8) is 0 Å². The van der Waals surface area contributed by atoms with Crippen molar-refractivity contribution in [1.29, 1.82) is 0 Å². The van der Waals surface area contributed by atoms with E-state index in [4.69, 9.17) is 34.8 Å². The van der Waals surface area contributed by atoms with E-state index in [0.29, 0.717) is 16.3 Å². The van der Waals surface area contributed by atoms with Gasteiger partial charge in [-0.1, -0.05) is 34.8 Å². The third-order valence-electron chi connectivity index (χ3n) is 2.33. The van der Waals surface area contributed by atoms with Gasteiger partial charge in [-0.25, -0.2) is 4.98 Å². The van der Waals surface area contributed by atoms with E-state index in [1.807, 2.05) is 0 Å². The lowest BCUT2D eigenvalue weighted by molar-refractivity contribution is 0.102. The van der Waals surface area contributed by atoms with Gasteiger partial charge < -0.3 is 5.32 Å². The fraction of sp³-hybridized carbons (Fsp3) is 0.0833. The molecular weight excluding hydrogens is 309 g/mol. The van der Waals surface area contributed by atoms with Crippen LogP contribution in [-0.2, 0) is 0 Å². The summed E-state index contributed by atoms with van der Waals surface area (Å²) in [6.07, 6.45) is 1.45. The summed E-state index contributed by atoms with van der Waals surface area (Å²) in [5, 5.41) is 3.45. The molecule has 2 heterocycles. The van der Waals surface area contributed by atoms with Crippen molar-refractivity contribution in [3.8, 4) is 0 Å². The zero-order chi connectivity index (χ0) is 14.0. The van der Waals surface area contributed by atoms with E-state index in [1.165, 1.54) is 12.3 Å². The fourth-order valence-electron chi connectivity index (χ4n) is 1.45. The Morgan fingerprint density at radius 2 is 2.00 bits per heavy atom. The molecule has 0 aliphatic rings. The molecule has 0 saturated heterocycles. The molecule has 0 saturated carbocycles. The lowest BCUT2D eigenvalue weighted by Crippen LogP contribution is -2.15. The molecule has 0 atom stereocenters. The molecule has 19 heavy (non-hydrogen) atoms. The first-order chi connectivity index (χ1) is 8.97. The SMILES string of the molecule is Cc1cc(Cl)nc(Cl)c1NC(=O)c1cc(Cl)ccn1. The van der Waals surface area contributed by atoms with Gasteiger partial charge in [-0.05, 0) is 30.7 Å². The molecule has 2 rings (SSSR count). The van der Waals surface area contributed by atoms with Crippen LogP contribution >= 0.6 is 34.8 Å². The number of carbonyl (C=O) groups is 1. The molecule has 0 radical (unpaired) electrons. The molecule has 2 aromatic heterocycles. The predicted octanol–water partition coefficient (Wildman–Crippen LogP) is 4.00. The minimum atomic E-state index is -0.420. The zero-order valence-corrected chi connectivity index (χ0v) is 12.0. The Hall–Kier alpha value is -1.36. The summed E-state index contributed by atoms with van der Waals surface area (Å²) in [7, 11) is 0. The van der Waals surface area contributed by atoms with Crippen LogP contribution in [0.4, 0.5) is 5.69 Å². The van der Waals surface area contributed by atoms with Crippen LogP contribution in [0.5, 0.6) is 0 Å². The van der Waals surface area contributed by atoms with E-state index < -0.39 is 5.91 Å². The second kappa shape index (κ2) is 5.74. The standard InChI is InChI=1S/C12H8Cl3N3O/c1-6-4-9(14)17-11(15)10(6)18-12(19)8-5-7(13)2-3-16-8/h2-5H,1H3,(H,18,19). The molecule has 98 valence electrons. The minimum Gasteiger partial charge on any atom is -0.318 e. The second-order valence-electron chi connectivity index (χ2n) is 3.74. The molecule has 0 aliphatic carbocycles. The van der Waals surface area contributed by atoms with Gasteiger partial charge in [0.2, 0.25) is 0 Å². The maximum absolute atomic E-state index is 12.0. The maximum atomic E-state index is 12.0. The van der Waals surface area contributed by atoms with Gasteiger partial charge in [0, 0.05) is 11.2 Å². The van der Waals surface area contributed by atoms with Crippen molar-refractivity contribution >= 4 is 46.4 Å². The smallest absolute Gasteiger partial charge is 0.274 e. The highest BCUT2D eigenvalue weighted by molar-refractivity contribution is 6.35. The first-order valence-electron chi connectivity index (χ1n) is 5.23. The molecule has 0 aromatic carbocycles. The molecule has 0 fully saturated rings. The number of pyridine rings is 2. The molecule has 0 aliphatic heterocycles. The van der Waals surface area contributed by atoms with Gasteiger partial charge >= 0.3 is 0 Å². The number of anilines is 1. The number of nitrogens with zero attached hydrogens (tertiary/aromatic N) is 2. The Morgan fingerprint density at radius 1 is 1.26 bits per heavy atom. The highest BCUT2D eigenvalue weighted by Gasteiger charge is 2.13. The van der Waals surface area contributed by atoms with Crippen LogP contribution < -0.4 is 5.32 Å². The summed E-state index contributed by atoms with van der Waals surface area (Å²) in [5.74, 6) is -0.420. The molecule has 0 spiro atoms. The number of hydrogen-bond acceptors (Lipinski definition) is 3. The topological polar surface area (TPSA) is 54.9 Å². The summed E-state index contributed by atoms with van der Waals surface area (Å²) in [6.45, 7) is 1.76. The Bertz CT molecular complexity index is 623. The Balaban J connectivity index is 2.29. The predicted molar refractivity (Wildman–Crippen MR) is 76.2 cm³/mol. The van der Waals surface area contributed by atoms with Crippen LogP contribution in [0.15, 0.2) is 24.4 Å². The molecule has 7 heteroatoms. The van der Waals surface area contributed by atoms with E-state index in [9.17, 15) is 4.79 Å². The van der Waals surface area contributed by atoms with E-state index in [0.717, 1.165) is 0 Å². The molecule has 0 unspecified atom stereocenters. The van der Waals surface area contributed by atoms with Crippen LogP contribution in [-0.4, -0.2) is 15.9 Å². The highest BCUT2D eigenvalue weighted by atomic mass is 35.5. The number of halogens is 3. The van der Waals surface area contributed by atoms with Gasteiger partial charge in [0.25, 0.3) is 5.91 Å². The molecule has 1 amide bonds. The van der Waals surface area contributed by atoms with Gasteiger partial charge in [-0.2, -0.15) is 0 Å². The Labute approximate surface area is 124 Å². The zero-order valence-electron chi connectivity index (χ0n) is 9.75. The Kier molecular flexibility index (Phi) is 4.24.